The summed E-state index contributed by atoms with van der Waals surface area (Å²) >= 11 is 1.86. The summed E-state index contributed by atoms with van der Waals surface area (Å²) in [5.74, 6) is 1.97. The first-order valence-corrected chi connectivity index (χ1v) is 19.8. The maximum absolute atomic E-state index is 6.75. The highest BCUT2D eigenvalue weighted by Crippen LogP contribution is 2.49. The molecule has 12 rings (SSSR count). The molecule has 3 atom stereocenters. The Morgan fingerprint density at radius 3 is 2.36 bits per heavy atom. The molecule has 3 unspecified atom stereocenters. The molecule has 0 bridgehead atoms. The van der Waals surface area contributed by atoms with E-state index < -0.39 is 0 Å². The van der Waals surface area contributed by atoms with E-state index in [0.29, 0.717) is 0 Å². The molecule has 260 valence electrons. The Balaban J connectivity index is 1.02. The monoisotopic (exact) mass is 724 g/mol. The highest BCUT2D eigenvalue weighted by molar-refractivity contribution is 7.19. The molecule has 2 aromatic heterocycles. The molecule has 0 spiro atoms. The minimum Gasteiger partial charge on any atom is -0.485 e. The van der Waals surface area contributed by atoms with Crippen LogP contribution in [0, 0.1) is 0 Å². The van der Waals surface area contributed by atoms with Gasteiger partial charge in [-0.25, -0.2) is 0 Å². The summed E-state index contributed by atoms with van der Waals surface area (Å²) in [6, 6.07) is 57.1. The Hall–Kier alpha value is -6.53. The molecule has 0 amide bonds. The van der Waals surface area contributed by atoms with Gasteiger partial charge in [-0.05, 0) is 59.0 Å². The van der Waals surface area contributed by atoms with Gasteiger partial charge < -0.3 is 9.30 Å². The third-order valence-electron chi connectivity index (χ3n) is 11.7. The first-order chi connectivity index (χ1) is 27.3. The van der Waals surface area contributed by atoms with Gasteiger partial charge in [0.25, 0.3) is 0 Å². The fourth-order valence-corrected chi connectivity index (χ4v) is 10.4. The van der Waals surface area contributed by atoms with Crippen molar-refractivity contribution in [2.45, 2.75) is 18.1 Å². The number of nitrogens with zero attached hydrogens (tertiary/aromatic N) is 2. The molecule has 0 radical (unpaired) electrons. The number of ether oxygens (including phenoxy) is 1. The summed E-state index contributed by atoms with van der Waals surface area (Å²) < 4.78 is 10.5. The summed E-state index contributed by atoms with van der Waals surface area (Å²) in [7, 11) is 0. The summed E-state index contributed by atoms with van der Waals surface area (Å²) in [5.41, 5.74) is 10.7. The van der Waals surface area contributed by atoms with Gasteiger partial charge in [-0.1, -0.05) is 133 Å². The maximum atomic E-state index is 6.75. The highest BCUT2D eigenvalue weighted by Gasteiger charge is 2.39. The molecule has 2 N–H and O–H groups in total. The van der Waals surface area contributed by atoms with E-state index in [1.54, 1.807) is 0 Å². The predicted molar refractivity (Wildman–Crippen MR) is 227 cm³/mol. The molecule has 9 aromatic rings. The lowest BCUT2D eigenvalue weighted by molar-refractivity contribution is -0.576. The van der Waals surface area contributed by atoms with Crippen LogP contribution in [0.5, 0.6) is 5.75 Å². The standard InChI is InChI=1S/C50H33N3OS/c1-2-12-30(13-3-1)32-15-10-16-33(28-32)46-49-47(38-19-7-9-23-44(38)55-49)52-50(51-46)34-25-27-42-39(29-34)45-41(21-11-22-43(45)54-42)53-40-20-8-6-18-36(40)37-26-24-31-14-4-5-17-35(31)48(37)53/h1-29,39,42,46H,(H,51,52)/p+1. The van der Waals surface area contributed by atoms with Crippen molar-refractivity contribution in [1.29, 1.82) is 0 Å². The fourth-order valence-electron chi connectivity index (χ4n) is 9.20. The second-order valence-corrected chi connectivity index (χ2v) is 15.8. The molecule has 55 heavy (non-hydrogen) atoms. The predicted octanol–water partition coefficient (Wildman–Crippen LogP) is 11.6. The van der Waals surface area contributed by atoms with Crippen LogP contribution in [0.2, 0.25) is 0 Å². The van der Waals surface area contributed by atoms with Crippen molar-refractivity contribution in [3.8, 4) is 22.6 Å². The zero-order valence-electron chi connectivity index (χ0n) is 29.8. The first kappa shape index (κ1) is 30.9. The van der Waals surface area contributed by atoms with E-state index in [1.165, 1.54) is 69.8 Å². The van der Waals surface area contributed by atoms with Crippen molar-refractivity contribution < 1.29 is 10.1 Å². The first-order valence-electron chi connectivity index (χ1n) is 19.0. The Bertz CT molecular complexity index is 3130. The van der Waals surface area contributed by atoms with Crippen molar-refractivity contribution in [1.82, 2.24) is 4.57 Å². The highest BCUT2D eigenvalue weighted by atomic mass is 32.1. The third kappa shape index (κ3) is 4.70. The molecular formula is C50H34N3OS+. The van der Waals surface area contributed by atoms with Crippen LogP contribution in [0.15, 0.2) is 187 Å². The number of hydrogen-bond donors (Lipinski definition) is 1. The number of hydrogen-bond acceptors (Lipinski definition) is 3. The molecule has 0 fully saturated rings. The van der Waals surface area contributed by atoms with E-state index in [0.717, 1.165) is 28.5 Å². The molecule has 0 saturated heterocycles. The molecular weight excluding hydrogens is 691 g/mol. The Morgan fingerprint density at radius 1 is 0.655 bits per heavy atom. The Kier molecular flexibility index (Phi) is 6.73. The van der Waals surface area contributed by atoms with E-state index in [-0.39, 0.29) is 18.1 Å². The second kappa shape index (κ2) is 12.0. The Labute approximate surface area is 322 Å². The van der Waals surface area contributed by atoms with Crippen LogP contribution >= 0.6 is 11.3 Å². The molecule has 3 aliphatic rings. The lowest BCUT2D eigenvalue weighted by atomic mass is 9.87. The quantitative estimate of drug-likeness (QED) is 0.193. The van der Waals surface area contributed by atoms with Gasteiger partial charge in [0.05, 0.1) is 32.9 Å². The van der Waals surface area contributed by atoms with E-state index >= 15 is 0 Å². The van der Waals surface area contributed by atoms with E-state index in [9.17, 15) is 0 Å². The van der Waals surface area contributed by atoms with Gasteiger partial charge >= 0.3 is 0 Å². The molecule has 0 saturated carbocycles. The van der Waals surface area contributed by atoms with Crippen molar-refractivity contribution >= 4 is 65.5 Å². The van der Waals surface area contributed by atoms with Crippen LogP contribution in [0.4, 0.5) is 5.69 Å². The number of fused-ring (bicyclic) bond motifs is 11. The van der Waals surface area contributed by atoms with Gasteiger partial charge in [-0.15, -0.1) is 11.3 Å². The zero-order chi connectivity index (χ0) is 36.0. The summed E-state index contributed by atoms with van der Waals surface area (Å²) in [4.78, 5) is 6.77. The Morgan fingerprint density at radius 2 is 1.44 bits per heavy atom. The lowest BCUT2D eigenvalue weighted by Gasteiger charge is -2.24. The summed E-state index contributed by atoms with van der Waals surface area (Å²) in [6.45, 7) is 0. The van der Waals surface area contributed by atoms with Crippen molar-refractivity contribution in [2.75, 3.05) is 0 Å². The smallest absolute Gasteiger partial charge is 0.232 e. The maximum Gasteiger partial charge on any atom is 0.232 e. The number of rotatable bonds is 4. The van der Waals surface area contributed by atoms with Gasteiger partial charge in [-0.3, -0.25) is 5.32 Å². The van der Waals surface area contributed by atoms with Crippen LogP contribution in [0.25, 0.3) is 59.5 Å². The number of thiophene rings is 1. The molecule has 4 heterocycles. The fraction of sp³-hybridized carbons (Fsp3) is 0.0600. The van der Waals surface area contributed by atoms with Crippen molar-refractivity contribution in [2.24, 2.45) is 4.99 Å². The summed E-state index contributed by atoms with van der Waals surface area (Å²) in [5, 5.41) is 8.60. The number of aromatic nitrogens is 1. The van der Waals surface area contributed by atoms with Crippen LogP contribution < -0.4 is 10.1 Å². The number of para-hydroxylation sites is 1. The lowest BCUT2D eigenvalue weighted by Crippen LogP contribution is -2.90. The third-order valence-corrected chi connectivity index (χ3v) is 12.9. The number of amidine groups is 1. The van der Waals surface area contributed by atoms with Crippen LogP contribution in [-0.2, 0) is 0 Å². The number of quaternary nitrogens is 1. The largest absolute Gasteiger partial charge is 0.485 e. The molecule has 4 nitrogen and oxygen atoms in total. The van der Waals surface area contributed by atoms with Crippen LogP contribution in [0.3, 0.4) is 0 Å². The number of nitrogens with two attached hydrogens (primary N) is 1. The van der Waals surface area contributed by atoms with Crippen LogP contribution in [-0.4, -0.2) is 16.5 Å². The van der Waals surface area contributed by atoms with Gasteiger partial charge in [0.15, 0.2) is 6.04 Å². The number of aliphatic imine (C=N–C) groups is 1. The van der Waals surface area contributed by atoms with E-state index in [2.05, 4.69) is 186 Å². The number of benzene rings is 7. The zero-order valence-corrected chi connectivity index (χ0v) is 30.6. The molecule has 2 aliphatic heterocycles. The topological polar surface area (TPSA) is 43.1 Å². The van der Waals surface area contributed by atoms with Gasteiger partial charge in [0.2, 0.25) is 5.84 Å². The van der Waals surface area contributed by atoms with Gasteiger partial charge in [-0.2, -0.15) is 4.99 Å². The average molecular weight is 725 g/mol. The second-order valence-electron chi connectivity index (χ2n) is 14.8. The van der Waals surface area contributed by atoms with Crippen molar-refractivity contribution in [3.63, 3.8) is 0 Å². The molecule has 7 aromatic carbocycles. The molecule has 5 heteroatoms. The molecule has 1 aliphatic carbocycles. The van der Waals surface area contributed by atoms with E-state index in [1.807, 2.05) is 11.3 Å². The minimum absolute atomic E-state index is 0.0222. The average Bonchev–Trinajstić information content (AvgIpc) is 3.93. The summed E-state index contributed by atoms with van der Waals surface area (Å²) in [6.07, 6.45) is 6.80. The normalized spacial score (nSPS) is 18.6. The van der Waals surface area contributed by atoms with E-state index in [4.69, 9.17) is 9.73 Å². The van der Waals surface area contributed by atoms with Gasteiger partial charge in [0.1, 0.15) is 11.9 Å². The van der Waals surface area contributed by atoms with Crippen LogP contribution in [0.1, 0.15) is 28.0 Å². The SMILES string of the molecule is C1=CC2Oc3cccc(-n4c5ccccc5c5ccc6ccccc6c54)c3C2C=C1C1=Nc2c(sc3ccccc23)C(c2cccc(-c3ccccc3)c2)[NH2+]1. The van der Waals surface area contributed by atoms with Gasteiger partial charge in [0, 0.05) is 43.3 Å². The minimum atomic E-state index is -0.0928. The van der Waals surface area contributed by atoms with Crippen molar-refractivity contribution in [3.05, 3.63) is 198 Å².